The number of esters is 2. The Morgan fingerprint density at radius 2 is 1.62 bits per heavy atom. The minimum absolute atomic E-state index is 0.0583. The van der Waals surface area contributed by atoms with Crippen LogP contribution in [0.25, 0.3) is 0 Å². The van der Waals surface area contributed by atoms with Gasteiger partial charge in [0, 0.05) is 48.3 Å². The predicted octanol–water partition coefficient (Wildman–Crippen LogP) is 4.83. The molecule has 42 heavy (non-hydrogen) atoms. The highest BCUT2D eigenvalue weighted by atomic mass is 16.6. The minimum Gasteiger partial charge on any atom is -0.458 e. The summed E-state index contributed by atoms with van der Waals surface area (Å²) in [6.07, 6.45) is 13.2. The van der Waals surface area contributed by atoms with Crippen LogP contribution in [0.4, 0.5) is 0 Å². The summed E-state index contributed by atoms with van der Waals surface area (Å²) in [6.45, 7) is 8.23. The first kappa shape index (κ1) is 32.9. The lowest BCUT2D eigenvalue weighted by Gasteiger charge is -2.52. The summed E-state index contributed by atoms with van der Waals surface area (Å²) in [4.78, 5) is 39.0. The summed E-state index contributed by atoms with van der Waals surface area (Å²) in [5.41, 5.74) is -2.66. The molecule has 2 saturated carbocycles. The number of fused-ring (bicyclic) bond motifs is 5. The molecule has 0 spiro atoms. The molecular weight excluding hydrogens is 536 g/mol. The van der Waals surface area contributed by atoms with Crippen molar-refractivity contribution in [2.24, 2.45) is 35.0 Å². The third-order valence-electron chi connectivity index (χ3n) is 11.1. The van der Waals surface area contributed by atoms with Crippen molar-refractivity contribution in [2.75, 3.05) is 13.2 Å². The van der Waals surface area contributed by atoms with Gasteiger partial charge in [0.05, 0.1) is 18.8 Å². The molecule has 0 aromatic carbocycles. The van der Waals surface area contributed by atoms with Gasteiger partial charge in [0.1, 0.15) is 6.10 Å². The lowest BCUT2D eigenvalue weighted by molar-refractivity contribution is -0.220. The highest BCUT2D eigenvalue weighted by Gasteiger charge is 2.88. The topological polar surface area (TPSA) is 130 Å². The van der Waals surface area contributed by atoms with Gasteiger partial charge in [0.2, 0.25) is 0 Å². The van der Waals surface area contributed by atoms with Crippen LogP contribution in [0.1, 0.15) is 105 Å². The van der Waals surface area contributed by atoms with Crippen molar-refractivity contribution in [1.82, 2.24) is 0 Å². The maximum absolute atomic E-state index is 13.3. The molecule has 4 rings (SSSR count). The summed E-state index contributed by atoms with van der Waals surface area (Å²) in [5, 5.41) is 33.6. The summed E-state index contributed by atoms with van der Waals surface area (Å²) in [5.74, 6) is -4.08. The maximum atomic E-state index is 13.3. The van der Waals surface area contributed by atoms with Crippen LogP contribution >= 0.6 is 0 Å². The van der Waals surface area contributed by atoms with Crippen molar-refractivity contribution < 1.29 is 39.2 Å². The Kier molecular flexibility index (Phi) is 10.1. The standard InChI is InChI=1S/C34H52O8/c1-6-7-8-9-10-11-12-13-14-15-28(38)41-31-22(3)33(40)26-16-21(2)29(39)25(26)17-24(19-35)18-27(33)30-32(5,20-36)34(30,31)42-23(4)37/h16,18,22,25-27,30-31,35-36,40H,6-15,17,19-20H2,1-5H3/t22-,25-,26-,27-,30-,31-,32-,33+,34-/m1/s1. The van der Waals surface area contributed by atoms with E-state index in [1.807, 2.05) is 12.2 Å². The molecule has 0 aromatic heterocycles. The lowest BCUT2D eigenvalue weighted by Crippen LogP contribution is -2.63. The second-order valence-electron chi connectivity index (χ2n) is 13.7. The molecule has 0 amide bonds. The average Bonchev–Trinajstić information content (AvgIpc) is 3.40. The number of rotatable bonds is 14. The number of unbranched alkanes of at least 4 members (excludes halogenated alkanes) is 8. The van der Waals surface area contributed by atoms with Gasteiger partial charge in [-0.1, -0.05) is 84.3 Å². The first-order valence-corrected chi connectivity index (χ1v) is 16.2. The number of carbonyl (C=O) groups excluding carboxylic acids is 3. The number of hydrogen-bond donors (Lipinski definition) is 3. The molecule has 8 heteroatoms. The molecule has 0 aliphatic heterocycles. The Bertz CT molecular complexity index is 1100. The van der Waals surface area contributed by atoms with E-state index in [-0.39, 0.29) is 25.4 Å². The van der Waals surface area contributed by atoms with Crippen LogP contribution in [-0.4, -0.2) is 63.6 Å². The average molecular weight is 589 g/mol. The first-order chi connectivity index (χ1) is 19.9. The molecule has 0 radical (unpaired) electrons. The van der Waals surface area contributed by atoms with Gasteiger partial charge < -0.3 is 24.8 Å². The fourth-order valence-corrected chi connectivity index (χ4v) is 8.80. The van der Waals surface area contributed by atoms with Gasteiger partial charge in [-0.3, -0.25) is 14.4 Å². The third kappa shape index (κ3) is 5.41. The second-order valence-corrected chi connectivity index (χ2v) is 13.7. The Balaban J connectivity index is 1.59. The SMILES string of the molecule is CCCCCCCCCCCC(=O)O[C@@H]1[C@@H](C)[C@]2(O)[C@@H]3C=C(C)C(=O)[C@@H]3CC(CO)=C[C@@H]2[C@H]2[C@]1(OC(C)=O)[C@]2(C)CO. The number of aliphatic hydroxyl groups excluding tert-OH is 2. The monoisotopic (exact) mass is 588 g/mol. The van der Waals surface area contributed by atoms with Gasteiger partial charge in [-0.25, -0.2) is 0 Å². The van der Waals surface area contributed by atoms with Gasteiger partial charge in [0.25, 0.3) is 0 Å². The van der Waals surface area contributed by atoms with E-state index in [9.17, 15) is 29.7 Å². The van der Waals surface area contributed by atoms with Crippen LogP contribution < -0.4 is 0 Å². The molecule has 2 fully saturated rings. The fourth-order valence-electron chi connectivity index (χ4n) is 8.80. The van der Waals surface area contributed by atoms with Crippen LogP contribution in [0.3, 0.4) is 0 Å². The van der Waals surface area contributed by atoms with E-state index >= 15 is 0 Å². The van der Waals surface area contributed by atoms with Crippen molar-refractivity contribution in [2.45, 2.75) is 123 Å². The fraction of sp³-hybridized carbons (Fsp3) is 0.794. The van der Waals surface area contributed by atoms with E-state index in [0.717, 1.165) is 19.3 Å². The van der Waals surface area contributed by atoms with E-state index in [0.29, 0.717) is 24.0 Å². The van der Waals surface area contributed by atoms with Crippen molar-refractivity contribution >= 4 is 17.7 Å². The van der Waals surface area contributed by atoms with Gasteiger partial charge in [0.15, 0.2) is 11.4 Å². The Morgan fingerprint density at radius 3 is 2.19 bits per heavy atom. The number of ketones is 1. The zero-order valence-electron chi connectivity index (χ0n) is 26.2. The van der Waals surface area contributed by atoms with E-state index < -0.39 is 64.2 Å². The molecule has 9 atom stereocenters. The number of ether oxygens (including phenoxy) is 2. The number of allylic oxidation sites excluding steroid dienone is 1. The third-order valence-corrected chi connectivity index (χ3v) is 11.1. The Labute approximate surface area is 250 Å². The molecule has 0 unspecified atom stereocenters. The molecule has 4 aliphatic rings. The second kappa shape index (κ2) is 12.9. The van der Waals surface area contributed by atoms with Crippen LogP contribution in [0, 0.1) is 35.0 Å². The van der Waals surface area contributed by atoms with Crippen molar-refractivity contribution in [3.05, 3.63) is 23.3 Å². The van der Waals surface area contributed by atoms with Gasteiger partial charge >= 0.3 is 11.9 Å². The van der Waals surface area contributed by atoms with E-state index in [2.05, 4.69) is 6.92 Å². The molecular formula is C34H52O8. The van der Waals surface area contributed by atoms with Crippen molar-refractivity contribution in [3.63, 3.8) is 0 Å². The largest absolute Gasteiger partial charge is 0.458 e. The maximum Gasteiger partial charge on any atom is 0.306 e. The molecule has 3 N–H and O–H groups in total. The summed E-state index contributed by atoms with van der Waals surface area (Å²) in [6, 6.07) is 0. The molecule has 8 nitrogen and oxygen atoms in total. The molecule has 0 aromatic rings. The quantitative estimate of drug-likeness (QED) is 0.149. The Morgan fingerprint density at radius 1 is 1.00 bits per heavy atom. The molecule has 0 heterocycles. The normalized spacial score (nSPS) is 38.4. The summed E-state index contributed by atoms with van der Waals surface area (Å²) < 4.78 is 12.2. The van der Waals surface area contributed by atoms with E-state index in [1.165, 1.54) is 39.0 Å². The van der Waals surface area contributed by atoms with Gasteiger partial charge in [-0.2, -0.15) is 0 Å². The zero-order chi connectivity index (χ0) is 30.9. The van der Waals surface area contributed by atoms with Gasteiger partial charge in [-0.05, 0) is 30.9 Å². The molecule has 236 valence electrons. The highest BCUT2D eigenvalue weighted by Crippen LogP contribution is 2.76. The number of aliphatic hydroxyl groups is 3. The number of carbonyl (C=O) groups is 3. The van der Waals surface area contributed by atoms with Crippen molar-refractivity contribution in [1.29, 1.82) is 0 Å². The highest BCUT2D eigenvalue weighted by molar-refractivity contribution is 6.00. The van der Waals surface area contributed by atoms with E-state index in [1.54, 1.807) is 20.8 Å². The van der Waals surface area contributed by atoms with Crippen LogP contribution in [-0.2, 0) is 23.9 Å². The molecule has 0 saturated heterocycles. The van der Waals surface area contributed by atoms with Gasteiger partial charge in [-0.15, -0.1) is 0 Å². The summed E-state index contributed by atoms with van der Waals surface area (Å²) >= 11 is 0. The van der Waals surface area contributed by atoms with Crippen LogP contribution in [0.5, 0.6) is 0 Å². The van der Waals surface area contributed by atoms with Crippen LogP contribution in [0.2, 0.25) is 0 Å². The van der Waals surface area contributed by atoms with E-state index in [4.69, 9.17) is 9.47 Å². The first-order valence-electron chi connectivity index (χ1n) is 16.2. The molecule has 4 aliphatic carbocycles. The number of hydrogen-bond acceptors (Lipinski definition) is 8. The van der Waals surface area contributed by atoms with Crippen LogP contribution in [0.15, 0.2) is 23.3 Å². The van der Waals surface area contributed by atoms with Crippen molar-refractivity contribution in [3.8, 4) is 0 Å². The Hall–Kier alpha value is -2.03. The summed E-state index contributed by atoms with van der Waals surface area (Å²) in [7, 11) is 0. The smallest absolute Gasteiger partial charge is 0.306 e. The number of Topliss-reactive ketones (excluding diaryl/α,β-unsaturated/α-hetero) is 1. The predicted molar refractivity (Wildman–Crippen MR) is 158 cm³/mol. The lowest BCUT2D eigenvalue weighted by atomic mass is 9.60. The zero-order valence-corrected chi connectivity index (χ0v) is 26.2. The molecule has 0 bridgehead atoms. The minimum atomic E-state index is -1.53.